The fourth-order valence-corrected chi connectivity index (χ4v) is 6.12. The molecule has 0 amide bonds. The quantitative estimate of drug-likeness (QED) is 0.172. The molecule has 3 aromatic rings. The molecule has 3 nitrogen and oxygen atoms in total. The summed E-state index contributed by atoms with van der Waals surface area (Å²) in [5, 5.41) is 0.965. The predicted octanol–water partition coefficient (Wildman–Crippen LogP) is 8.12. The number of benzene rings is 3. The second kappa shape index (κ2) is 13.9. The monoisotopic (exact) mass is 452 g/mol. The van der Waals surface area contributed by atoms with Crippen LogP contribution in [0.1, 0.15) is 58.3 Å². The Morgan fingerprint density at radius 2 is 0.969 bits per heavy atom. The molecule has 4 heteroatoms. The van der Waals surface area contributed by atoms with Crippen LogP contribution in [0.3, 0.4) is 0 Å². The first-order valence-corrected chi connectivity index (χ1v) is 13.7. The van der Waals surface area contributed by atoms with E-state index >= 15 is 0 Å². The Kier molecular flexibility index (Phi) is 10.6. The van der Waals surface area contributed by atoms with Crippen molar-refractivity contribution < 1.29 is 13.6 Å². The maximum atomic E-state index is 6.56. The molecule has 0 N–H and O–H groups in total. The molecule has 0 atom stereocenters. The van der Waals surface area contributed by atoms with Crippen LogP contribution in [0.15, 0.2) is 91.0 Å². The molecule has 0 aliphatic carbocycles. The summed E-state index contributed by atoms with van der Waals surface area (Å²) in [7, 11) is -3.24. The number of unbranched alkanes of at least 4 members (excludes halogenated alkanes) is 7. The molecule has 3 rings (SSSR count). The van der Waals surface area contributed by atoms with Gasteiger partial charge in [0.15, 0.2) is 0 Å². The van der Waals surface area contributed by atoms with Gasteiger partial charge < -0.3 is 0 Å². The van der Waals surface area contributed by atoms with Crippen LogP contribution >= 0.6 is 7.94 Å². The third kappa shape index (κ3) is 7.97. The van der Waals surface area contributed by atoms with Crippen molar-refractivity contribution in [3.8, 4) is 11.5 Å². The van der Waals surface area contributed by atoms with E-state index in [0.717, 1.165) is 23.2 Å². The number of rotatable bonds is 15. The third-order valence-electron chi connectivity index (χ3n) is 5.41. The predicted molar refractivity (Wildman–Crippen MR) is 137 cm³/mol. The van der Waals surface area contributed by atoms with Gasteiger partial charge in [0.25, 0.3) is 0 Å². The van der Waals surface area contributed by atoms with Crippen molar-refractivity contribution in [3.05, 3.63) is 91.0 Å². The molecule has 0 aromatic heterocycles. The number of para-hydroxylation sites is 2. The molecular weight excluding hydrogens is 415 g/mol. The van der Waals surface area contributed by atoms with E-state index in [0.29, 0.717) is 6.61 Å². The second-order valence-electron chi connectivity index (χ2n) is 8.08. The molecule has 0 bridgehead atoms. The first kappa shape index (κ1) is 24.3. The Bertz CT molecular complexity index is 814. The van der Waals surface area contributed by atoms with Crippen LogP contribution < -0.4 is 14.4 Å². The fourth-order valence-electron chi connectivity index (χ4n) is 3.65. The molecule has 0 aliphatic heterocycles. The van der Waals surface area contributed by atoms with Crippen LogP contribution in [0.25, 0.3) is 0 Å². The standard InChI is InChI=1S/C28H37O3P/c1-2-3-4-5-6-7-8-18-25-29-32(28-23-16-11-17-24-28,30-26-19-12-9-13-20-26)31-27-21-14-10-15-22-27/h9-17,19-24,32H,2-8,18,25H2,1H3. The normalized spacial score (nSPS) is 11.8. The van der Waals surface area contributed by atoms with E-state index < -0.39 is 7.94 Å². The molecule has 0 aliphatic rings. The number of hydrogen-bond acceptors (Lipinski definition) is 3. The average Bonchev–Trinajstić information content (AvgIpc) is 2.85. The summed E-state index contributed by atoms with van der Waals surface area (Å²) in [6, 6.07) is 29.8. The first-order valence-electron chi connectivity index (χ1n) is 12.0. The van der Waals surface area contributed by atoms with Crippen molar-refractivity contribution in [3.63, 3.8) is 0 Å². The van der Waals surface area contributed by atoms with Crippen molar-refractivity contribution in [2.75, 3.05) is 6.61 Å². The minimum absolute atomic E-state index is 0.621. The van der Waals surface area contributed by atoms with Crippen molar-refractivity contribution in [2.24, 2.45) is 0 Å². The van der Waals surface area contributed by atoms with Crippen LogP contribution in [0, 0.1) is 0 Å². The summed E-state index contributed by atoms with van der Waals surface area (Å²) in [6.07, 6.45) is 10.1. The molecule has 3 aromatic carbocycles. The van der Waals surface area contributed by atoms with Gasteiger partial charge in [-0.25, -0.2) is 0 Å². The van der Waals surface area contributed by atoms with E-state index in [-0.39, 0.29) is 0 Å². The summed E-state index contributed by atoms with van der Waals surface area (Å²) in [6.45, 7) is 2.88. The van der Waals surface area contributed by atoms with Gasteiger partial charge in [0.1, 0.15) is 0 Å². The van der Waals surface area contributed by atoms with Gasteiger partial charge in [0.2, 0.25) is 0 Å². The van der Waals surface area contributed by atoms with E-state index in [1.807, 2.05) is 91.0 Å². The van der Waals surface area contributed by atoms with Gasteiger partial charge >= 0.3 is 194 Å². The van der Waals surface area contributed by atoms with E-state index in [1.165, 1.54) is 44.9 Å². The van der Waals surface area contributed by atoms with E-state index in [1.54, 1.807) is 0 Å². The van der Waals surface area contributed by atoms with Crippen molar-refractivity contribution in [1.29, 1.82) is 0 Å². The van der Waals surface area contributed by atoms with Crippen LogP contribution in [0.2, 0.25) is 0 Å². The number of hydrogen-bond donors (Lipinski definition) is 0. The SMILES string of the molecule is CCCCCCCCCCO[PH](Oc1ccccc1)(Oc1ccccc1)c1ccccc1. The molecule has 32 heavy (non-hydrogen) atoms. The van der Waals surface area contributed by atoms with Crippen molar-refractivity contribution in [1.82, 2.24) is 0 Å². The summed E-state index contributed by atoms with van der Waals surface area (Å²) >= 11 is 0. The van der Waals surface area contributed by atoms with Gasteiger partial charge in [0, 0.05) is 0 Å². The van der Waals surface area contributed by atoms with Gasteiger partial charge in [-0.15, -0.1) is 0 Å². The van der Waals surface area contributed by atoms with Crippen LogP contribution in [0.5, 0.6) is 11.5 Å². The molecular formula is C28H37O3P. The Morgan fingerprint density at radius 1 is 0.531 bits per heavy atom. The second-order valence-corrected chi connectivity index (χ2v) is 10.5. The molecule has 0 saturated carbocycles. The Balaban J connectivity index is 1.71. The van der Waals surface area contributed by atoms with Crippen LogP contribution in [-0.4, -0.2) is 6.61 Å². The van der Waals surface area contributed by atoms with Gasteiger partial charge in [0.05, 0.1) is 0 Å². The Hall–Kier alpha value is -2.35. The molecule has 0 unspecified atom stereocenters. The van der Waals surface area contributed by atoms with Crippen LogP contribution in [-0.2, 0) is 4.52 Å². The molecule has 0 saturated heterocycles. The summed E-state index contributed by atoms with van der Waals surface area (Å²) in [5.41, 5.74) is 0. The zero-order valence-electron chi connectivity index (χ0n) is 19.2. The van der Waals surface area contributed by atoms with Gasteiger partial charge in [-0.2, -0.15) is 0 Å². The van der Waals surface area contributed by atoms with E-state index in [2.05, 4.69) is 6.92 Å². The molecule has 0 spiro atoms. The van der Waals surface area contributed by atoms with Gasteiger partial charge in [-0.1, -0.05) is 0 Å². The van der Waals surface area contributed by atoms with E-state index in [9.17, 15) is 0 Å². The summed E-state index contributed by atoms with van der Waals surface area (Å²) in [4.78, 5) is 0. The third-order valence-corrected chi connectivity index (χ3v) is 8.04. The zero-order chi connectivity index (χ0) is 22.3. The van der Waals surface area contributed by atoms with Crippen molar-refractivity contribution >= 4 is 13.2 Å². The first-order chi connectivity index (χ1) is 15.8. The molecule has 172 valence electrons. The zero-order valence-corrected chi connectivity index (χ0v) is 20.2. The topological polar surface area (TPSA) is 27.7 Å². The van der Waals surface area contributed by atoms with Crippen LogP contribution in [0.4, 0.5) is 0 Å². The summed E-state index contributed by atoms with van der Waals surface area (Å²) in [5.74, 6) is 1.52. The van der Waals surface area contributed by atoms with E-state index in [4.69, 9.17) is 13.6 Å². The maximum absolute atomic E-state index is 6.56. The average molecular weight is 453 g/mol. The molecule has 0 radical (unpaired) electrons. The Labute approximate surface area is 194 Å². The minimum atomic E-state index is -3.24. The van der Waals surface area contributed by atoms with Crippen molar-refractivity contribution in [2.45, 2.75) is 58.3 Å². The van der Waals surface area contributed by atoms with Gasteiger partial charge in [-0.05, 0) is 0 Å². The Morgan fingerprint density at radius 3 is 1.47 bits per heavy atom. The van der Waals surface area contributed by atoms with Gasteiger partial charge in [-0.3, -0.25) is 0 Å². The fraction of sp³-hybridized carbons (Fsp3) is 0.357. The molecule has 0 heterocycles. The summed E-state index contributed by atoms with van der Waals surface area (Å²) < 4.78 is 19.7. The molecule has 0 fully saturated rings.